The molecular weight excluding hydrogens is 302 g/mol. The molecule has 0 saturated carbocycles. The number of hydrogen-bond acceptors (Lipinski definition) is 2. The summed E-state index contributed by atoms with van der Waals surface area (Å²) in [4.78, 5) is 22.9. The van der Waals surface area contributed by atoms with Gasteiger partial charge in [0.15, 0.2) is 0 Å². The van der Waals surface area contributed by atoms with Gasteiger partial charge in [-0.25, -0.2) is 4.79 Å². The standard InChI is InChI=1S/C8H10FIN2O2/c1-11-5-6(10)7(13)12(8(11)14)4-2-3-9/h5H,2-4H2,1H3. The summed E-state index contributed by atoms with van der Waals surface area (Å²) in [5.74, 6) is 0. The maximum atomic E-state index is 11.9. The molecule has 6 heteroatoms. The van der Waals surface area contributed by atoms with Gasteiger partial charge in [-0.2, -0.15) is 0 Å². The molecule has 1 aromatic rings. The lowest BCUT2D eigenvalue weighted by Gasteiger charge is -2.06. The van der Waals surface area contributed by atoms with Gasteiger partial charge < -0.3 is 4.57 Å². The molecule has 0 amide bonds. The summed E-state index contributed by atoms with van der Waals surface area (Å²) < 4.78 is 14.8. The van der Waals surface area contributed by atoms with E-state index in [2.05, 4.69) is 0 Å². The number of aromatic nitrogens is 2. The minimum atomic E-state index is -0.527. The molecule has 0 aliphatic heterocycles. The summed E-state index contributed by atoms with van der Waals surface area (Å²) in [6, 6.07) is 0. The lowest BCUT2D eigenvalue weighted by molar-refractivity contribution is 0.434. The largest absolute Gasteiger partial charge is 0.330 e. The fraction of sp³-hybridized carbons (Fsp3) is 0.500. The Morgan fingerprint density at radius 2 is 2.14 bits per heavy atom. The molecule has 0 radical (unpaired) electrons. The van der Waals surface area contributed by atoms with E-state index in [4.69, 9.17) is 0 Å². The molecule has 0 spiro atoms. The minimum Gasteiger partial charge on any atom is -0.302 e. The minimum absolute atomic E-state index is 0.138. The molecule has 0 unspecified atom stereocenters. The van der Waals surface area contributed by atoms with Gasteiger partial charge in [-0.15, -0.1) is 0 Å². The molecule has 0 aliphatic carbocycles. The fourth-order valence-electron chi connectivity index (χ4n) is 1.10. The van der Waals surface area contributed by atoms with E-state index in [1.165, 1.54) is 10.8 Å². The van der Waals surface area contributed by atoms with Gasteiger partial charge in [-0.1, -0.05) is 0 Å². The van der Waals surface area contributed by atoms with Crippen molar-refractivity contribution in [2.45, 2.75) is 13.0 Å². The van der Waals surface area contributed by atoms with Crippen molar-refractivity contribution in [3.63, 3.8) is 0 Å². The van der Waals surface area contributed by atoms with Gasteiger partial charge in [0.2, 0.25) is 0 Å². The first-order valence-corrected chi connectivity index (χ1v) is 5.17. The van der Waals surface area contributed by atoms with Crippen molar-refractivity contribution in [3.05, 3.63) is 30.6 Å². The van der Waals surface area contributed by atoms with Gasteiger partial charge in [0.1, 0.15) is 0 Å². The van der Waals surface area contributed by atoms with Crippen molar-refractivity contribution in [3.8, 4) is 0 Å². The van der Waals surface area contributed by atoms with Crippen molar-refractivity contribution in [2.75, 3.05) is 6.67 Å². The van der Waals surface area contributed by atoms with Gasteiger partial charge in [-0.3, -0.25) is 13.8 Å². The molecular formula is C8H10FIN2O2. The molecule has 0 aromatic carbocycles. The number of nitrogens with zero attached hydrogens (tertiary/aromatic N) is 2. The maximum Gasteiger partial charge on any atom is 0.330 e. The fourth-order valence-corrected chi connectivity index (χ4v) is 1.81. The first-order chi connectivity index (χ1) is 6.57. The van der Waals surface area contributed by atoms with E-state index in [1.54, 1.807) is 7.05 Å². The molecule has 0 atom stereocenters. The molecule has 4 nitrogen and oxygen atoms in total. The third kappa shape index (κ3) is 2.23. The van der Waals surface area contributed by atoms with Gasteiger partial charge >= 0.3 is 5.69 Å². The third-order valence-electron chi connectivity index (χ3n) is 1.80. The second-order valence-electron chi connectivity index (χ2n) is 2.87. The van der Waals surface area contributed by atoms with Crippen LogP contribution in [0.15, 0.2) is 15.8 Å². The molecule has 1 heterocycles. The molecule has 0 fully saturated rings. The Kier molecular flexibility index (Phi) is 3.85. The predicted octanol–water partition coefficient (Wildman–Crippen LogP) is 0.511. The summed E-state index contributed by atoms with van der Waals surface area (Å²) in [5.41, 5.74) is -0.744. The summed E-state index contributed by atoms with van der Waals surface area (Å²) in [7, 11) is 1.57. The van der Waals surface area contributed by atoms with E-state index >= 15 is 0 Å². The van der Waals surface area contributed by atoms with Crippen molar-refractivity contribution in [2.24, 2.45) is 7.05 Å². The van der Waals surface area contributed by atoms with Crippen LogP contribution in [-0.4, -0.2) is 15.8 Å². The zero-order chi connectivity index (χ0) is 10.7. The van der Waals surface area contributed by atoms with E-state index in [0.717, 1.165) is 4.57 Å². The van der Waals surface area contributed by atoms with Crippen LogP contribution in [0, 0.1) is 3.57 Å². The van der Waals surface area contributed by atoms with Crippen LogP contribution in [0.3, 0.4) is 0 Å². The molecule has 0 saturated heterocycles. The Hall–Kier alpha value is -0.660. The second kappa shape index (κ2) is 4.72. The highest BCUT2D eigenvalue weighted by Crippen LogP contribution is 1.93. The molecule has 78 valence electrons. The summed E-state index contributed by atoms with van der Waals surface area (Å²) in [6.07, 6.45) is 1.66. The second-order valence-corrected chi connectivity index (χ2v) is 4.03. The van der Waals surface area contributed by atoms with Gasteiger partial charge in [-0.05, 0) is 29.0 Å². The predicted molar refractivity (Wildman–Crippen MR) is 59.3 cm³/mol. The molecule has 0 N–H and O–H groups in total. The van der Waals surface area contributed by atoms with E-state index in [9.17, 15) is 14.0 Å². The Labute approximate surface area is 93.5 Å². The van der Waals surface area contributed by atoms with Crippen LogP contribution in [0.2, 0.25) is 0 Å². The van der Waals surface area contributed by atoms with Crippen molar-refractivity contribution in [1.82, 2.24) is 9.13 Å². The average molecular weight is 312 g/mol. The van der Waals surface area contributed by atoms with Crippen molar-refractivity contribution < 1.29 is 4.39 Å². The van der Waals surface area contributed by atoms with Crippen LogP contribution in [0.5, 0.6) is 0 Å². The smallest absolute Gasteiger partial charge is 0.302 e. The highest BCUT2D eigenvalue weighted by atomic mass is 127. The first-order valence-electron chi connectivity index (χ1n) is 4.10. The Balaban J connectivity index is 3.26. The lowest BCUT2D eigenvalue weighted by atomic mass is 10.4. The molecule has 0 bridgehead atoms. The Morgan fingerprint density at radius 3 is 2.71 bits per heavy atom. The van der Waals surface area contributed by atoms with E-state index in [-0.39, 0.29) is 18.5 Å². The van der Waals surface area contributed by atoms with Crippen LogP contribution in [0.1, 0.15) is 6.42 Å². The maximum absolute atomic E-state index is 11.9. The molecule has 14 heavy (non-hydrogen) atoms. The van der Waals surface area contributed by atoms with Crippen LogP contribution in [0.4, 0.5) is 4.39 Å². The van der Waals surface area contributed by atoms with Crippen molar-refractivity contribution in [1.29, 1.82) is 0 Å². The highest BCUT2D eigenvalue weighted by Gasteiger charge is 2.06. The number of rotatable bonds is 3. The quantitative estimate of drug-likeness (QED) is 0.764. The molecule has 1 aromatic heterocycles. The van der Waals surface area contributed by atoms with Crippen LogP contribution in [0.25, 0.3) is 0 Å². The van der Waals surface area contributed by atoms with E-state index in [0.29, 0.717) is 3.57 Å². The number of halogens is 2. The summed E-state index contributed by atoms with van der Waals surface area (Å²) in [6.45, 7) is -0.389. The Bertz CT molecular complexity index is 404. The van der Waals surface area contributed by atoms with Crippen LogP contribution in [-0.2, 0) is 13.6 Å². The van der Waals surface area contributed by atoms with Crippen LogP contribution < -0.4 is 11.2 Å². The van der Waals surface area contributed by atoms with Gasteiger partial charge in [0.05, 0.1) is 10.2 Å². The van der Waals surface area contributed by atoms with Crippen molar-refractivity contribution >= 4 is 22.6 Å². The number of hydrogen-bond donors (Lipinski definition) is 0. The van der Waals surface area contributed by atoms with Gasteiger partial charge in [0, 0.05) is 19.8 Å². The molecule has 1 rings (SSSR count). The van der Waals surface area contributed by atoms with E-state index in [1.807, 2.05) is 22.6 Å². The third-order valence-corrected chi connectivity index (χ3v) is 2.54. The number of alkyl halides is 1. The SMILES string of the molecule is Cn1cc(I)c(=O)n(CCCF)c1=O. The van der Waals surface area contributed by atoms with E-state index < -0.39 is 12.4 Å². The summed E-state index contributed by atoms with van der Waals surface area (Å²) in [5, 5.41) is 0. The topological polar surface area (TPSA) is 44.0 Å². The van der Waals surface area contributed by atoms with Crippen LogP contribution >= 0.6 is 22.6 Å². The zero-order valence-corrected chi connectivity index (χ0v) is 9.82. The monoisotopic (exact) mass is 312 g/mol. The lowest BCUT2D eigenvalue weighted by Crippen LogP contribution is -2.40. The summed E-state index contributed by atoms with van der Waals surface area (Å²) >= 11 is 1.86. The van der Waals surface area contributed by atoms with Gasteiger partial charge in [0.25, 0.3) is 5.56 Å². The number of aryl methyl sites for hydroxylation is 1. The first kappa shape index (κ1) is 11.4. The molecule has 0 aliphatic rings. The Morgan fingerprint density at radius 1 is 1.50 bits per heavy atom. The highest BCUT2D eigenvalue weighted by molar-refractivity contribution is 14.1. The average Bonchev–Trinajstić information content (AvgIpc) is 2.15. The zero-order valence-electron chi connectivity index (χ0n) is 7.67. The normalized spacial score (nSPS) is 10.5.